The average Bonchev–Trinajstić information content (AvgIpc) is 2.99. The Labute approximate surface area is 126 Å². The highest BCUT2D eigenvalue weighted by Gasteiger charge is 2.16. The highest BCUT2D eigenvalue weighted by molar-refractivity contribution is 9.10. The van der Waals surface area contributed by atoms with Gasteiger partial charge in [-0.25, -0.2) is 0 Å². The third-order valence-electron chi connectivity index (χ3n) is 3.24. The molecule has 1 aromatic carbocycles. The largest absolute Gasteiger partial charge is 0.486 e. The summed E-state index contributed by atoms with van der Waals surface area (Å²) < 4.78 is 17.5. The predicted molar refractivity (Wildman–Crippen MR) is 79.1 cm³/mol. The molecule has 0 aliphatic carbocycles. The Kier molecular flexibility index (Phi) is 3.98. The zero-order chi connectivity index (χ0) is 13.9. The number of rotatable bonds is 4. The van der Waals surface area contributed by atoms with E-state index in [0.29, 0.717) is 13.2 Å². The highest BCUT2D eigenvalue weighted by atomic mass is 79.9. The number of halogens is 1. The van der Waals surface area contributed by atoms with Crippen LogP contribution in [0.15, 0.2) is 39.4 Å². The lowest BCUT2D eigenvalue weighted by Crippen LogP contribution is -2.19. The van der Waals surface area contributed by atoms with Crippen LogP contribution in [0.3, 0.4) is 0 Å². The van der Waals surface area contributed by atoms with E-state index in [1.165, 1.54) is 0 Å². The van der Waals surface area contributed by atoms with Gasteiger partial charge < -0.3 is 19.2 Å². The molecular weight excluding hydrogens is 322 g/mol. The zero-order valence-corrected chi connectivity index (χ0v) is 12.8. The third-order valence-corrected chi connectivity index (χ3v) is 3.83. The molecule has 5 heteroatoms. The molecule has 1 atom stereocenters. The molecule has 1 unspecified atom stereocenters. The molecule has 106 valence electrons. The van der Waals surface area contributed by atoms with Gasteiger partial charge in [0.25, 0.3) is 0 Å². The van der Waals surface area contributed by atoms with Crippen LogP contribution in [0.5, 0.6) is 11.5 Å². The summed E-state index contributed by atoms with van der Waals surface area (Å²) in [4.78, 5) is 0. The van der Waals surface area contributed by atoms with E-state index < -0.39 is 0 Å². The van der Waals surface area contributed by atoms with Crippen LogP contribution < -0.4 is 14.8 Å². The van der Waals surface area contributed by atoms with Gasteiger partial charge in [0, 0.05) is 6.54 Å². The lowest BCUT2D eigenvalue weighted by atomic mass is 10.1. The van der Waals surface area contributed by atoms with Gasteiger partial charge in [0.05, 0.1) is 16.8 Å². The molecule has 0 radical (unpaired) electrons. The minimum absolute atomic E-state index is 0.164. The zero-order valence-electron chi connectivity index (χ0n) is 11.2. The molecule has 2 aromatic rings. The molecule has 1 N–H and O–H groups in total. The molecule has 0 saturated heterocycles. The molecular formula is C15H16BrNO3. The van der Waals surface area contributed by atoms with Crippen LogP contribution in [-0.4, -0.2) is 13.2 Å². The van der Waals surface area contributed by atoms with Crippen molar-refractivity contribution in [3.63, 3.8) is 0 Å². The summed E-state index contributed by atoms with van der Waals surface area (Å²) in [6, 6.07) is 8.10. The number of fused-ring (bicyclic) bond motifs is 1. The summed E-state index contributed by atoms with van der Waals surface area (Å²) in [7, 11) is 0. The van der Waals surface area contributed by atoms with Crippen molar-refractivity contribution in [2.24, 2.45) is 0 Å². The number of benzene rings is 1. The first-order chi connectivity index (χ1) is 9.74. The number of hydrogen-bond acceptors (Lipinski definition) is 4. The molecule has 1 aliphatic heterocycles. The first kappa shape index (κ1) is 13.5. The Balaban J connectivity index is 1.70. The van der Waals surface area contributed by atoms with Crippen LogP contribution in [0.2, 0.25) is 0 Å². The molecule has 0 saturated carbocycles. The molecule has 4 nitrogen and oxygen atoms in total. The third kappa shape index (κ3) is 2.83. The van der Waals surface area contributed by atoms with E-state index in [9.17, 15) is 0 Å². The van der Waals surface area contributed by atoms with Gasteiger partial charge in [-0.1, -0.05) is 0 Å². The fourth-order valence-corrected chi connectivity index (χ4v) is 2.78. The van der Waals surface area contributed by atoms with Crippen molar-refractivity contribution >= 4 is 15.9 Å². The van der Waals surface area contributed by atoms with Gasteiger partial charge in [0.1, 0.15) is 19.0 Å². The van der Waals surface area contributed by atoms with Gasteiger partial charge in [-0.05, 0) is 52.7 Å². The Morgan fingerprint density at radius 1 is 1.30 bits per heavy atom. The van der Waals surface area contributed by atoms with Crippen molar-refractivity contribution in [1.82, 2.24) is 5.32 Å². The maximum atomic E-state index is 5.62. The van der Waals surface area contributed by atoms with Crippen molar-refractivity contribution in [3.8, 4) is 11.5 Å². The van der Waals surface area contributed by atoms with Gasteiger partial charge in [-0.2, -0.15) is 0 Å². The summed E-state index contributed by atoms with van der Waals surface area (Å²) >= 11 is 3.53. The standard InChI is InChI=1S/C15H16BrNO3/c1-10(13-3-2-4-18-13)17-9-11-7-12(16)15-14(8-11)19-5-6-20-15/h2-4,7-8,10,17H,5-6,9H2,1H3. The topological polar surface area (TPSA) is 43.6 Å². The number of nitrogens with one attached hydrogen (secondary N) is 1. The smallest absolute Gasteiger partial charge is 0.175 e. The lowest BCUT2D eigenvalue weighted by molar-refractivity contribution is 0.170. The Hall–Kier alpha value is -1.46. The summed E-state index contributed by atoms with van der Waals surface area (Å²) in [5.41, 5.74) is 1.14. The lowest BCUT2D eigenvalue weighted by Gasteiger charge is -2.21. The minimum atomic E-state index is 0.164. The monoisotopic (exact) mass is 337 g/mol. The quantitative estimate of drug-likeness (QED) is 0.924. The van der Waals surface area contributed by atoms with Crippen LogP contribution in [0, 0.1) is 0 Å². The van der Waals surface area contributed by atoms with E-state index in [4.69, 9.17) is 13.9 Å². The maximum Gasteiger partial charge on any atom is 0.175 e. The van der Waals surface area contributed by atoms with E-state index in [1.807, 2.05) is 18.2 Å². The molecule has 0 amide bonds. The van der Waals surface area contributed by atoms with Gasteiger partial charge in [-0.15, -0.1) is 0 Å². The predicted octanol–water partition coefficient (Wildman–Crippen LogP) is 3.66. The second-order valence-electron chi connectivity index (χ2n) is 4.72. The molecule has 20 heavy (non-hydrogen) atoms. The van der Waals surface area contributed by atoms with Crippen molar-refractivity contribution in [1.29, 1.82) is 0 Å². The first-order valence-electron chi connectivity index (χ1n) is 6.59. The molecule has 0 fully saturated rings. The van der Waals surface area contributed by atoms with E-state index in [-0.39, 0.29) is 6.04 Å². The number of ether oxygens (including phenoxy) is 2. The van der Waals surface area contributed by atoms with Gasteiger partial charge in [0.15, 0.2) is 11.5 Å². The molecule has 2 heterocycles. The van der Waals surface area contributed by atoms with Crippen molar-refractivity contribution < 1.29 is 13.9 Å². The molecule has 0 bridgehead atoms. The van der Waals surface area contributed by atoms with Gasteiger partial charge in [0.2, 0.25) is 0 Å². The summed E-state index contributed by atoms with van der Waals surface area (Å²) in [5.74, 6) is 2.52. The average molecular weight is 338 g/mol. The van der Waals surface area contributed by atoms with Gasteiger partial charge >= 0.3 is 0 Å². The van der Waals surface area contributed by atoms with Crippen molar-refractivity contribution in [2.45, 2.75) is 19.5 Å². The van der Waals surface area contributed by atoms with Crippen LogP contribution >= 0.6 is 15.9 Å². The Morgan fingerprint density at radius 3 is 2.95 bits per heavy atom. The minimum Gasteiger partial charge on any atom is -0.486 e. The Bertz CT molecular complexity index is 583. The SMILES string of the molecule is CC(NCc1cc(Br)c2c(c1)OCCO2)c1ccco1. The first-order valence-corrected chi connectivity index (χ1v) is 7.38. The Morgan fingerprint density at radius 2 is 2.15 bits per heavy atom. The second-order valence-corrected chi connectivity index (χ2v) is 5.57. The summed E-state index contributed by atoms with van der Waals surface area (Å²) in [6.45, 7) is 4.00. The number of furan rings is 1. The highest BCUT2D eigenvalue weighted by Crippen LogP contribution is 2.38. The van der Waals surface area contributed by atoms with E-state index in [0.717, 1.165) is 33.8 Å². The van der Waals surface area contributed by atoms with Crippen LogP contribution in [0.4, 0.5) is 0 Å². The van der Waals surface area contributed by atoms with Crippen molar-refractivity contribution in [3.05, 3.63) is 46.3 Å². The maximum absolute atomic E-state index is 5.62. The van der Waals surface area contributed by atoms with Gasteiger partial charge in [-0.3, -0.25) is 0 Å². The van der Waals surface area contributed by atoms with Crippen molar-refractivity contribution in [2.75, 3.05) is 13.2 Å². The summed E-state index contributed by atoms with van der Waals surface area (Å²) in [5, 5.41) is 3.42. The molecule has 0 spiro atoms. The fourth-order valence-electron chi connectivity index (χ4n) is 2.18. The van der Waals surface area contributed by atoms with Crippen LogP contribution in [0.25, 0.3) is 0 Å². The van der Waals surface area contributed by atoms with Crippen LogP contribution in [-0.2, 0) is 6.54 Å². The number of hydrogen-bond donors (Lipinski definition) is 1. The van der Waals surface area contributed by atoms with E-state index >= 15 is 0 Å². The second kappa shape index (κ2) is 5.89. The van der Waals surface area contributed by atoms with E-state index in [2.05, 4.69) is 34.2 Å². The molecule has 3 rings (SSSR count). The van der Waals surface area contributed by atoms with E-state index in [1.54, 1.807) is 6.26 Å². The fraction of sp³-hybridized carbons (Fsp3) is 0.333. The molecule has 1 aromatic heterocycles. The molecule has 1 aliphatic rings. The van der Waals surface area contributed by atoms with Crippen LogP contribution in [0.1, 0.15) is 24.3 Å². The normalized spacial score (nSPS) is 15.1. The summed E-state index contributed by atoms with van der Waals surface area (Å²) in [6.07, 6.45) is 1.69.